The van der Waals surface area contributed by atoms with Crippen molar-refractivity contribution >= 4 is 0 Å². The molecule has 0 aromatic heterocycles. The molecule has 0 amide bonds. The van der Waals surface area contributed by atoms with Crippen molar-refractivity contribution in [3.05, 3.63) is 0 Å². The van der Waals surface area contributed by atoms with Crippen LogP contribution in [0.1, 0.15) is 58.8 Å². The lowest BCUT2D eigenvalue weighted by Gasteiger charge is -2.56. The first-order chi connectivity index (χ1) is 8.23. The van der Waals surface area contributed by atoms with Crippen LogP contribution < -0.4 is 0 Å². The van der Waals surface area contributed by atoms with E-state index >= 15 is 0 Å². The van der Waals surface area contributed by atoms with E-state index in [1.165, 1.54) is 38.5 Å². The Hall–Kier alpha value is -0.0800. The maximum Gasteiger partial charge on any atom is 0.158 e. The zero-order chi connectivity index (χ0) is 11.9. The van der Waals surface area contributed by atoms with Gasteiger partial charge in [0, 0.05) is 6.61 Å². The topological polar surface area (TPSA) is 18.5 Å². The minimum Gasteiger partial charge on any atom is -0.353 e. The summed E-state index contributed by atoms with van der Waals surface area (Å²) in [6, 6.07) is 0. The molecule has 98 valence electrons. The molecule has 4 saturated carbocycles. The summed E-state index contributed by atoms with van der Waals surface area (Å²) >= 11 is 0. The smallest absolute Gasteiger partial charge is 0.158 e. The van der Waals surface area contributed by atoms with Crippen LogP contribution >= 0.6 is 0 Å². The van der Waals surface area contributed by atoms with Crippen LogP contribution in [0.25, 0.3) is 0 Å². The molecule has 0 heterocycles. The summed E-state index contributed by atoms with van der Waals surface area (Å²) in [6.07, 6.45) is 9.38. The summed E-state index contributed by atoms with van der Waals surface area (Å²) < 4.78 is 12.1. The second-order valence-corrected chi connectivity index (χ2v) is 6.51. The van der Waals surface area contributed by atoms with Crippen LogP contribution in [0, 0.1) is 17.8 Å². The van der Waals surface area contributed by atoms with Crippen molar-refractivity contribution in [1.82, 2.24) is 0 Å². The lowest BCUT2D eigenvalue weighted by atomic mass is 9.54. The molecule has 2 nitrogen and oxygen atoms in total. The van der Waals surface area contributed by atoms with Crippen LogP contribution in [0.2, 0.25) is 0 Å². The molecule has 0 aliphatic heterocycles. The lowest BCUT2D eigenvalue weighted by molar-refractivity contribution is -0.255. The van der Waals surface area contributed by atoms with E-state index in [-0.39, 0.29) is 11.9 Å². The summed E-state index contributed by atoms with van der Waals surface area (Å²) in [5.74, 6) is 2.88. The van der Waals surface area contributed by atoms with Crippen LogP contribution in [-0.4, -0.2) is 18.5 Å². The lowest BCUT2D eigenvalue weighted by Crippen LogP contribution is -2.53. The number of hydrogen-bond acceptors (Lipinski definition) is 2. The van der Waals surface area contributed by atoms with Crippen molar-refractivity contribution in [1.29, 1.82) is 0 Å². The van der Waals surface area contributed by atoms with Gasteiger partial charge < -0.3 is 9.47 Å². The Kier molecular flexibility index (Phi) is 3.20. The highest BCUT2D eigenvalue weighted by Gasteiger charge is 2.52. The van der Waals surface area contributed by atoms with Crippen LogP contribution in [-0.2, 0) is 9.47 Å². The first-order valence-electron chi connectivity index (χ1n) is 7.52. The van der Waals surface area contributed by atoms with Gasteiger partial charge >= 0.3 is 0 Å². The molecule has 17 heavy (non-hydrogen) atoms. The van der Waals surface area contributed by atoms with Crippen molar-refractivity contribution in [2.24, 2.45) is 17.8 Å². The Morgan fingerprint density at radius 3 is 1.94 bits per heavy atom. The van der Waals surface area contributed by atoms with Crippen LogP contribution in [0.5, 0.6) is 0 Å². The molecule has 0 aromatic rings. The van der Waals surface area contributed by atoms with E-state index in [4.69, 9.17) is 9.47 Å². The van der Waals surface area contributed by atoms with Crippen molar-refractivity contribution < 1.29 is 9.47 Å². The minimum atomic E-state index is 0.0382. The zero-order valence-corrected chi connectivity index (χ0v) is 11.3. The fourth-order valence-corrected chi connectivity index (χ4v) is 4.88. The van der Waals surface area contributed by atoms with Gasteiger partial charge in [0.2, 0.25) is 0 Å². The number of rotatable bonds is 5. The fourth-order valence-electron chi connectivity index (χ4n) is 4.88. The molecule has 4 rings (SSSR count). The average molecular weight is 238 g/mol. The van der Waals surface area contributed by atoms with E-state index in [1.54, 1.807) is 0 Å². The van der Waals surface area contributed by atoms with Gasteiger partial charge in [-0.2, -0.15) is 0 Å². The summed E-state index contributed by atoms with van der Waals surface area (Å²) in [6.45, 7) is 5.00. The predicted octanol–water partition coefficient (Wildman–Crippen LogP) is 3.74. The van der Waals surface area contributed by atoms with Crippen LogP contribution in [0.15, 0.2) is 0 Å². The van der Waals surface area contributed by atoms with Gasteiger partial charge in [-0.1, -0.05) is 6.92 Å². The Morgan fingerprint density at radius 1 is 1.00 bits per heavy atom. The van der Waals surface area contributed by atoms with Crippen molar-refractivity contribution in [2.45, 2.75) is 70.7 Å². The molecule has 2 heteroatoms. The third-order valence-electron chi connectivity index (χ3n) is 5.05. The fraction of sp³-hybridized carbons (Fsp3) is 1.00. The molecule has 0 aromatic carbocycles. The highest BCUT2D eigenvalue weighted by Crippen LogP contribution is 2.57. The second-order valence-electron chi connectivity index (χ2n) is 6.51. The molecule has 4 aliphatic carbocycles. The van der Waals surface area contributed by atoms with Gasteiger partial charge in [-0.3, -0.25) is 0 Å². The largest absolute Gasteiger partial charge is 0.353 e. The second kappa shape index (κ2) is 4.55. The monoisotopic (exact) mass is 238 g/mol. The molecule has 0 saturated heterocycles. The molecule has 0 radical (unpaired) electrons. The first-order valence-corrected chi connectivity index (χ1v) is 7.52. The van der Waals surface area contributed by atoms with Gasteiger partial charge in [-0.05, 0) is 69.6 Å². The zero-order valence-electron chi connectivity index (χ0n) is 11.3. The maximum absolute atomic E-state index is 6.42. The minimum absolute atomic E-state index is 0.0382. The molecule has 1 atom stereocenters. The van der Waals surface area contributed by atoms with Gasteiger partial charge in [0.05, 0.1) is 5.60 Å². The Labute approximate surface area is 105 Å². The Morgan fingerprint density at radius 2 is 1.53 bits per heavy atom. The van der Waals surface area contributed by atoms with Crippen LogP contribution in [0.4, 0.5) is 0 Å². The first kappa shape index (κ1) is 12.0. The summed E-state index contributed by atoms with van der Waals surface area (Å²) in [5, 5.41) is 0. The SMILES string of the molecule is CCOC(CC)OC12CC3CC(CC(C3)C1)C2. The molecule has 0 N–H and O–H groups in total. The Balaban J connectivity index is 1.69. The molecule has 4 aliphatic rings. The van der Waals surface area contributed by atoms with Crippen molar-refractivity contribution in [2.75, 3.05) is 6.61 Å². The van der Waals surface area contributed by atoms with Gasteiger partial charge in [-0.25, -0.2) is 0 Å². The molecular formula is C15H26O2. The van der Waals surface area contributed by atoms with Gasteiger partial charge in [-0.15, -0.1) is 0 Å². The third-order valence-corrected chi connectivity index (χ3v) is 5.05. The molecule has 1 unspecified atom stereocenters. The van der Waals surface area contributed by atoms with E-state index in [2.05, 4.69) is 13.8 Å². The summed E-state index contributed by atoms with van der Waals surface area (Å²) in [5.41, 5.74) is 0.199. The normalized spacial score (nSPS) is 45.2. The summed E-state index contributed by atoms with van der Waals surface area (Å²) in [4.78, 5) is 0. The van der Waals surface area contributed by atoms with E-state index in [0.29, 0.717) is 0 Å². The maximum atomic E-state index is 6.42. The van der Waals surface area contributed by atoms with Gasteiger partial charge in [0.25, 0.3) is 0 Å². The molecule has 4 fully saturated rings. The summed E-state index contributed by atoms with van der Waals surface area (Å²) in [7, 11) is 0. The predicted molar refractivity (Wildman–Crippen MR) is 67.7 cm³/mol. The van der Waals surface area contributed by atoms with Crippen molar-refractivity contribution in [3.8, 4) is 0 Å². The molecule has 4 bridgehead atoms. The Bertz CT molecular complexity index is 239. The highest BCUT2D eigenvalue weighted by molar-refractivity contribution is 5.03. The van der Waals surface area contributed by atoms with E-state index in [0.717, 1.165) is 30.8 Å². The van der Waals surface area contributed by atoms with E-state index in [1.807, 2.05) is 0 Å². The van der Waals surface area contributed by atoms with Gasteiger partial charge in [0.15, 0.2) is 6.29 Å². The average Bonchev–Trinajstić information content (AvgIpc) is 2.26. The number of ether oxygens (including phenoxy) is 2. The highest BCUT2D eigenvalue weighted by atomic mass is 16.7. The molecule has 0 spiro atoms. The van der Waals surface area contributed by atoms with Crippen LogP contribution in [0.3, 0.4) is 0 Å². The molecular weight excluding hydrogens is 212 g/mol. The van der Waals surface area contributed by atoms with Crippen molar-refractivity contribution in [3.63, 3.8) is 0 Å². The quantitative estimate of drug-likeness (QED) is 0.679. The number of hydrogen-bond donors (Lipinski definition) is 0. The third kappa shape index (κ3) is 2.26. The van der Waals surface area contributed by atoms with E-state index < -0.39 is 0 Å². The standard InChI is InChI=1S/C15H26O2/c1-3-14(16-4-2)17-15-8-11-5-12(9-15)7-13(6-11)10-15/h11-14H,3-10H2,1-2H3. The van der Waals surface area contributed by atoms with Gasteiger partial charge in [0.1, 0.15) is 0 Å². The van der Waals surface area contributed by atoms with E-state index in [9.17, 15) is 0 Å².